The van der Waals surface area contributed by atoms with E-state index < -0.39 is 0 Å². The van der Waals surface area contributed by atoms with Crippen molar-refractivity contribution in [1.29, 1.82) is 0 Å². The van der Waals surface area contributed by atoms with E-state index in [1.165, 1.54) is 6.42 Å². The summed E-state index contributed by atoms with van der Waals surface area (Å²) in [6, 6.07) is 12.9. The Labute approximate surface area is 206 Å². The van der Waals surface area contributed by atoms with E-state index >= 15 is 0 Å². The summed E-state index contributed by atoms with van der Waals surface area (Å²) in [6.45, 7) is 6.12. The predicted molar refractivity (Wildman–Crippen MR) is 139 cm³/mol. The zero-order valence-electron chi connectivity index (χ0n) is 20.1. The highest BCUT2D eigenvalue weighted by Crippen LogP contribution is 2.12. The van der Waals surface area contributed by atoms with E-state index in [0.717, 1.165) is 37.2 Å². The highest BCUT2D eigenvalue weighted by atomic mass is 16.5. The molecule has 35 heavy (non-hydrogen) atoms. The summed E-state index contributed by atoms with van der Waals surface area (Å²) in [4.78, 5) is 22.7. The van der Waals surface area contributed by atoms with Crippen LogP contribution in [0.5, 0.6) is 0 Å². The largest absolute Gasteiger partial charge is 0.478 e. The number of ether oxygens (including phenoxy) is 1. The second-order valence-electron chi connectivity index (χ2n) is 8.00. The number of amides is 1. The number of nitrogens with two attached hydrogens (primary N) is 1. The third kappa shape index (κ3) is 8.62. The average molecular weight is 476 g/mol. The maximum Gasteiger partial charge on any atom is 0.251 e. The van der Waals surface area contributed by atoms with E-state index in [1.807, 2.05) is 24.3 Å². The van der Waals surface area contributed by atoms with Gasteiger partial charge in [0.1, 0.15) is 5.82 Å². The zero-order chi connectivity index (χ0) is 24.9. The monoisotopic (exact) mass is 475 g/mol. The first-order valence-electron chi connectivity index (χ1n) is 11.7. The number of hydrogen-bond acceptors (Lipinski definition) is 7. The van der Waals surface area contributed by atoms with Crippen molar-refractivity contribution in [3.8, 4) is 0 Å². The van der Waals surface area contributed by atoms with Crippen LogP contribution in [0.25, 0.3) is 0 Å². The van der Waals surface area contributed by atoms with E-state index in [1.54, 1.807) is 43.7 Å². The van der Waals surface area contributed by atoms with E-state index in [2.05, 4.69) is 37.3 Å². The zero-order valence-corrected chi connectivity index (χ0v) is 20.1. The average Bonchev–Trinajstić information content (AvgIpc) is 2.89. The molecule has 3 rings (SSSR count). The Bertz CT molecular complexity index is 1070. The molecule has 1 aromatic heterocycles. The number of benzene rings is 1. The Morgan fingerprint density at radius 3 is 2.80 bits per heavy atom. The number of hydrogen-bond donors (Lipinski definition) is 3. The molecule has 1 aliphatic rings. The second kappa shape index (κ2) is 13.5. The van der Waals surface area contributed by atoms with Crippen molar-refractivity contribution in [2.45, 2.75) is 25.7 Å². The first-order chi connectivity index (χ1) is 17.0. The van der Waals surface area contributed by atoms with Crippen LogP contribution in [0.2, 0.25) is 0 Å². The molecule has 1 saturated heterocycles. The smallest absolute Gasteiger partial charge is 0.251 e. The molecule has 9 heteroatoms. The molecule has 4 N–H and O–H groups in total. The van der Waals surface area contributed by atoms with Crippen LogP contribution in [0.1, 0.15) is 40.9 Å². The van der Waals surface area contributed by atoms with Crippen LogP contribution in [-0.4, -0.2) is 54.6 Å². The van der Waals surface area contributed by atoms with Crippen LogP contribution in [0, 0.1) is 0 Å². The number of hydrazone groups is 1. The third-order valence-electron chi connectivity index (χ3n) is 5.37. The molecule has 1 aromatic carbocycles. The predicted octanol–water partition coefficient (Wildman–Crippen LogP) is 2.78. The molecule has 1 amide bonds. The van der Waals surface area contributed by atoms with Gasteiger partial charge < -0.3 is 20.7 Å². The quantitative estimate of drug-likeness (QED) is 0.211. The minimum atomic E-state index is -0.160. The van der Waals surface area contributed by atoms with Gasteiger partial charge in [0, 0.05) is 50.1 Å². The van der Waals surface area contributed by atoms with Crippen molar-refractivity contribution >= 4 is 18.0 Å². The van der Waals surface area contributed by atoms with Gasteiger partial charge in [-0.2, -0.15) is 10.1 Å². The van der Waals surface area contributed by atoms with Crippen LogP contribution in [0.4, 0.5) is 0 Å². The summed E-state index contributed by atoms with van der Waals surface area (Å²) >= 11 is 0. The van der Waals surface area contributed by atoms with Crippen molar-refractivity contribution in [2.75, 3.05) is 26.7 Å². The molecule has 0 aliphatic carbocycles. The topological polar surface area (TPSA) is 117 Å². The molecule has 1 fully saturated rings. The van der Waals surface area contributed by atoms with E-state index in [-0.39, 0.29) is 11.8 Å². The molecule has 1 aliphatic heterocycles. The van der Waals surface area contributed by atoms with Gasteiger partial charge in [-0.15, -0.1) is 0 Å². The number of nitrogens with zero attached hydrogens (tertiary/aromatic N) is 4. The number of carbonyl (C=O) groups excluding carboxylic acids is 1. The van der Waals surface area contributed by atoms with Crippen LogP contribution >= 0.6 is 0 Å². The first-order valence-corrected chi connectivity index (χ1v) is 11.7. The van der Waals surface area contributed by atoms with Gasteiger partial charge in [0.2, 0.25) is 5.88 Å². The molecule has 184 valence electrons. The summed E-state index contributed by atoms with van der Waals surface area (Å²) in [6.07, 6.45) is 9.16. The number of amidine groups is 1. The fourth-order valence-electron chi connectivity index (χ4n) is 3.54. The molecular weight excluding hydrogens is 442 g/mol. The normalized spacial score (nSPS) is 14.6. The molecule has 0 spiro atoms. The van der Waals surface area contributed by atoms with Gasteiger partial charge in [-0.1, -0.05) is 18.2 Å². The van der Waals surface area contributed by atoms with Crippen molar-refractivity contribution in [2.24, 2.45) is 15.8 Å². The SMILES string of the molecule is C=C(/N=C(\C=C(/N)N1CCCCC1)N/N=C/c1cccc(C(=O)NC)c1)OCCc1ccccn1. The molecule has 0 atom stereocenters. The number of piperidine rings is 1. The van der Waals surface area contributed by atoms with Gasteiger partial charge in [0.15, 0.2) is 5.84 Å². The van der Waals surface area contributed by atoms with Crippen LogP contribution in [0.3, 0.4) is 0 Å². The van der Waals surface area contributed by atoms with Gasteiger partial charge in [-0.25, -0.2) is 0 Å². The van der Waals surface area contributed by atoms with Crippen LogP contribution < -0.4 is 16.5 Å². The maximum atomic E-state index is 11.9. The first kappa shape index (κ1) is 25.5. The Balaban J connectivity index is 1.68. The highest BCUT2D eigenvalue weighted by molar-refractivity contribution is 5.97. The standard InChI is InChI=1S/C26H33N7O2/c1-20(35-16-12-23-11-4-5-13-29-23)31-25(18-24(27)33-14-6-3-7-15-33)32-30-19-21-9-8-10-22(17-21)26(34)28-2/h4-5,8-11,13,17-19H,1,3,6-7,12,14-16,27H2,2H3,(H,28,34)(H,31,32)/b24-18+,30-19+. The fourth-order valence-corrected chi connectivity index (χ4v) is 3.54. The molecule has 2 aromatic rings. The summed E-state index contributed by atoms with van der Waals surface area (Å²) in [5, 5.41) is 6.90. The van der Waals surface area contributed by atoms with Crippen molar-refractivity contribution in [1.82, 2.24) is 20.6 Å². The number of rotatable bonds is 10. The van der Waals surface area contributed by atoms with E-state index in [0.29, 0.717) is 30.2 Å². The Morgan fingerprint density at radius 2 is 2.06 bits per heavy atom. The lowest BCUT2D eigenvalue weighted by Gasteiger charge is -2.28. The minimum absolute atomic E-state index is 0.160. The Hall–Kier alpha value is -4.14. The maximum absolute atomic E-state index is 11.9. The van der Waals surface area contributed by atoms with Crippen LogP contribution in [0.15, 0.2) is 83.1 Å². The van der Waals surface area contributed by atoms with Gasteiger partial charge >= 0.3 is 0 Å². The summed E-state index contributed by atoms with van der Waals surface area (Å²) in [7, 11) is 1.60. The molecule has 0 radical (unpaired) electrons. The Kier molecular flexibility index (Phi) is 9.86. The molecule has 0 unspecified atom stereocenters. The number of nitrogens with one attached hydrogen (secondary N) is 2. The second-order valence-corrected chi connectivity index (χ2v) is 8.00. The summed E-state index contributed by atoms with van der Waals surface area (Å²) in [5.41, 5.74) is 11.5. The lowest BCUT2D eigenvalue weighted by Crippen LogP contribution is -2.34. The van der Waals surface area contributed by atoms with Gasteiger partial charge in [-0.3, -0.25) is 15.2 Å². The third-order valence-corrected chi connectivity index (χ3v) is 5.37. The number of carbonyl (C=O) groups is 1. The fraction of sp³-hybridized carbons (Fsp3) is 0.308. The Morgan fingerprint density at radius 1 is 1.23 bits per heavy atom. The lowest BCUT2D eigenvalue weighted by atomic mass is 10.1. The number of likely N-dealkylation sites (tertiary alicyclic amines) is 1. The molecule has 0 saturated carbocycles. The van der Waals surface area contributed by atoms with Gasteiger partial charge in [-0.05, 0) is 55.7 Å². The highest BCUT2D eigenvalue weighted by Gasteiger charge is 2.12. The van der Waals surface area contributed by atoms with Crippen molar-refractivity contribution in [3.63, 3.8) is 0 Å². The molecule has 0 bridgehead atoms. The van der Waals surface area contributed by atoms with Crippen LogP contribution in [-0.2, 0) is 11.2 Å². The molecule has 2 heterocycles. The van der Waals surface area contributed by atoms with E-state index in [9.17, 15) is 4.79 Å². The summed E-state index contributed by atoms with van der Waals surface area (Å²) in [5.74, 6) is 1.08. The van der Waals surface area contributed by atoms with Crippen molar-refractivity contribution in [3.05, 3.63) is 89.8 Å². The molecule has 9 nitrogen and oxygen atoms in total. The van der Waals surface area contributed by atoms with E-state index in [4.69, 9.17) is 10.5 Å². The summed E-state index contributed by atoms with van der Waals surface area (Å²) < 4.78 is 5.68. The molecular formula is C26H33N7O2. The van der Waals surface area contributed by atoms with Crippen molar-refractivity contribution < 1.29 is 9.53 Å². The number of pyridine rings is 1. The minimum Gasteiger partial charge on any atom is -0.478 e. The lowest BCUT2D eigenvalue weighted by molar-refractivity contribution is 0.0963. The van der Waals surface area contributed by atoms with Gasteiger partial charge in [0.25, 0.3) is 5.91 Å². The van der Waals surface area contributed by atoms with Gasteiger partial charge in [0.05, 0.1) is 12.8 Å². The number of aromatic nitrogens is 1. The number of aliphatic imine (C=N–C) groups is 1.